The Bertz CT molecular complexity index is 459. The summed E-state index contributed by atoms with van der Waals surface area (Å²) in [5.74, 6) is 0.289. The van der Waals surface area contributed by atoms with E-state index in [0.717, 1.165) is 32.5 Å². The van der Waals surface area contributed by atoms with Crippen LogP contribution in [0.3, 0.4) is 0 Å². The summed E-state index contributed by atoms with van der Waals surface area (Å²) in [6, 6.07) is 4.20. The number of halogens is 2. The molecule has 1 N–H and O–H groups in total. The molecule has 0 unspecified atom stereocenters. The molecule has 1 aliphatic rings. The largest absolute Gasteiger partial charge is 0.339 e. The minimum Gasteiger partial charge on any atom is -0.339 e. The van der Waals surface area contributed by atoms with E-state index in [1.54, 1.807) is 6.07 Å². The van der Waals surface area contributed by atoms with Crippen LogP contribution in [0, 0.1) is 11.7 Å². The van der Waals surface area contributed by atoms with Gasteiger partial charge in [-0.2, -0.15) is 0 Å². The van der Waals surface area contributed by atoms with E-state index in [2.05, 4.69) is 21.2 Å². The van der Waals surface area contributed by atoms with Gasteiger partial charge in [-0.25, -0.2) is 4.39 Å². The first-order chi connectivity index (χ1) is 9.11. The molecule has 0 atom stereocenters. The van der Waals surface area contributed by atoms with E-state index in [-0.39, 0.29) is 11.7 Å². The first-order valence-electron chi connectivity index (χ1n) is 6.50. The fourth-order valence-corrected chi connectivity index (χ4v) is 2.98. The number of hydrogen-bond donors (Lipinski definition) is 1. The van der Waals surface area contributed by atoms with Crippen molar-refractivity contribution in [2.75, 3.05) is 26.7 Å². The van der Waals surface area contributed by atoms with Gasteiger partial charge in [-0.1, -0.05) is 0 Å². The third-order valence-corrected chi connectivity index (χ3v) is 4.21. The van der Waals surface area contributed by atoms with E-state index in [1.165, 1.54) is 12.1 Å². The van der Waals surface area contributed by atoms with Crippen LogP contribution >= 0.6 is 15.9 Å². The number of piperidine rings is 1. The summed E-state index contributed by atoms with van der Waals surface area (Å²) in [5.41, 5.74) is 0.536. The smallest absolute Gasteiger partial charge is 0.255 e. The van der Waals surface area contributed by atoms with Crippen molar-refractivity contribution < 1.29 is 9.18 Å². The number of rotatable bonds is 3. The standard InChI is InChI=1S/C14H18BrFN2O/c1-17-9-10-4-6-18(7-5-10)14(19)12-3-2-11(16)8-13(12)15/h2-3,8,10,17H,4-7,9H2,1H3. The summed E-state index contributed by atoms with van der Waals surface area (Å²) in [6.07, 6.45) is 2.04. The summed E-state index contributed by atoms with van der Waals surface area (Å²) in [5, 5.41) is 3.18. The number of benzene rings is 1. The van der Waals surface area contributed by atoms with Gasteiger partial charge < -0.3 is 10.2 Å². The summed E-state index contributed by atoms with van der Waals surface area (Å²) in [7, 11) is 1.95. The molecule has 1 aromatic rings. The monoisotopic (exact) mass is 328 g/mol. The molecule has 1 aliphatic heterocycles. The fraction of sp³-hybridized carbons (Fsp3) is 0.500. The number of nitrogens with zero attached hydrogens (tertiary/aromatic N) is 1. The van der Waals surface area contributed by atoms with Gasteiger partial charge in [-0.15, -0.1) is 0 Å². The van der Waals surface area contributed by atoms with E-state index in [4.69, 9.17) is 0 Å². The highest BCUT2D eigenvalue weighted by atomic mass is 79.9. The van der Waals surface area contributed by atoms with Gasteiger partial charge in [0.25, 0.3) is 5.91 Å². The van der Waals surface area contributed by atoms with E-state index in [0.29, 0.717) is 16.0 Å². The number of carbonyl (C=O) groups is 1. The van der Waals surface area contributed by atoms with Crippen LogP contribution in [-0.4, -0.2) is 37.5 Å². The Morgan fingerprint density at radius 1 is 1.47 bits per heavy atom. The molecular weight excluding hydrogens is 311 g/mol. The highest BCUT2D eigenvalue weighted by Gasteiger charge is 2.24. The van der Waals surface area contributed by atoms with Gasteiger partial charge in [-0.05, 0) is 66.5 Å². The molecule has 0 bridgehead atoms. The summed E-state index contributed by atoms with van der Waals surface area (Å²) in [6.45, 7) is 2.55. The molecule has 0 aliphatic carbocycles. The zero-order valence-electron chi connectivity index (χ0n) is 11.0. The molecule has 0 aromatic heterocycles. The Morgan fingerprint density at radius 2 is 2.16 bits per heavy atom. The second-order valence-electron chi connectivity index (χ2n) is 4.92. The van der Waals surface area contributed by atoms with Gasteiger partial charge in [0.2, 0.25) is 0 Å². The number of hydrogen-bond acceptors (Lipinski definition) is 2. The maximum atomic E-state index is 13.0. The molecule has 1 fully saturated rings. The van der Waals surface area contributed by atoms with Crippen LogP contribution < -0.4 is 5.32 Å². The average molecular weight is 329 g/mol. The average Bonchev–Trinajstić information content (AvgIpc) is 2.39. The number of nitrogens with one attached hydrogen (secondary N) is 1. The van der Waals surface area contributed by atoms with Crippen LogP contribution in [0.15, 0.2) is 22.7 Å². The lowest BCUT2D eigenvalue weighted by Gasteiger charge is -2.32. The molecule has 3 nitrogen and oxygen atoms in total. The Kier molecular flexibility index (Phi) is 4.93. The maximum Gasteiger partial charge on any atom is 0.255 e. The van der Waals surface area contributed by atoms with Crippen LogP contribution in [0.2, 0.25) is 0 Å². The third kappa shape index (κ3) is 3.54. The molecule has 19 heavy (non-hydrogen) atoms. The zero-order valence-corrected chi connectivity index (χ0v) is 12.5. The SMILES string of the molecule is CNCC1CCN(C(=O)c2ccc(F)cc2Br)CC1. The van der Waals surface area contributed by atoms with Crippen molar-refractivity contribution in [1.82, 2.24) is 10.2 Å². The lowest BCUT2D eigenvalue weighted by Crippen LogP contribution is -2.40. The molecule has 0 spiro atoms. The van der Waals surface area contributed by atoms with Gasteiger partial charge in [-0.3, -0.25) is 4.79 Å². The zero-order chi connectivity index (χ0) is 13.8. The summed E-state index contributed by atoms with van der Waals surface area (Å²) in [4.78, 5) is 14.2. The Labute approximate surface area is 121 Å². The molecule has 5 heteroatoms. The molecule has 1 amide bonds. The molecular formula is C14H18BrFN2O. The molecule has 2 rings (SSSR count). The number of carbonyl (C=O) groups excluding carboxylic acids is 1. The van der Waals surface area contributed by atoms with Crippen molar-refractivity contribution in [1.29, 1.82) is 0 Å². The van der Waals surface area contributed by atoms with Crippen LogP contribution in [0.5, 0.6) is 0 Å². The van der Waals surface area contributed by atoms with Crippen LogP contribution in [0.25, 0.3) is 0 Å². The normalized spacial score (nSPS) is 16.7. The molecule has 0 saturated carbocycles. The summed E-state index contributed by atoms with van der Waals surface area (Å²) >= 11 is 3.25. The minimum atomic E-state index is -0.337. The maximum absolute atomic E-state index is 13.0. The van der Waals surface area contributed by atoms with E-state index in [9.17, 15) is 9.18 Å². The second-order valence-corrected chi connectivity index (χ2v) is 5.77. The first kappa shape index (κ1) is 14.5. The third-order valence-electron chi connectivity index (χ3n) is 3.56. The molecule has 1 aromatic carbocycles. The van der Waals surface area contributed by atoms with E-state index in [1.807, 2.05) is 11.9 Å². The molecule has 104 valence electrons. The predicted octanol–water partition coefficient (Wildman–Crippen LogP) is 2.66. The fourth-order valence-electron chi connectivity index (χ4n) is 2.46. The van der Waals surface area contributed by atoms with Crippen molar-refractivity contribution in [3.05, 3.63) is 34.1 Å². The minimum absolute atomic E-state index is 0.0187. The molecule has 1 saturated heterocycles. The molecule has 1 heterocycles. The van der Waals surface area contributed by atoms with Crippen molar-refractivity contribution in [3.63, 3.8) is 0 Å². The second kappa shape index (κ2) is 6.48. The number of amides is 1. The lowest BCUT2D eigenvalue weighted by molar-refractivity contribution is 0.0690. The first-order valence-corrected chi connectivity index (χ1v) is 7.30. The van der Waals surface area contributed by atoms with Crippen molar-refractivity contribution in [3.8, 4) is 0 Å². The summed E-state index contributed by atoms with van der Waals surface area (Å²) < 4.78 is 13.6. The highest BCUT2D eigenvalue weighted by molar-refractivity contribution is 9.10. The van der Waals surface area contributed by atoms with Crippen LogP contribution in [0.1, 0.15) is 23.2 Å². The molecule has 0 radical (unpaired) electrons. The van der Waals surface area contributed by atoms with E-state index >= 15 is 0 Å². The van der Waals surface area contributed by atoms with Crippen LogP contribution in [-0.2, 0) is 0 Å². The Balaban J connectivity index is 2.01. The van der Waals surface area contributed by atoms with Gasteiger partial charge in [0.05, 0.1) is 5.56 Å². The van der Waals surface area contributed by atoms with Gasteiger partial charge in [0.15, 0.2) is 0 Å². The van der Waals surface area contributed by atoms with Gasteiger partial charge in [0.1, 0.15) is 5.82 Å². The Hall–Kier alpha value is -0.940. The topological polar surface area (TPSA) is 32.3 Å². The van der Waals surface area contributed by atoms with Crippen molar-refractivity contribution >= 4 is 21.8 Å². The van der Waals surface area contributed by atoms with Gasteiger partial charge >= 0.3 is 0 Å². The highest BCUT2D eigenvalue weighted by Crippen LogP contribution is 2.23. The predicted molar refractivity (Wildman–Crippen MR) is 76.7 cm³/mol. The number of likely N-dealkylation sites (tertiary alicyclic amines) is 1. The van der Waals surface area contributed by atoms with E-state index < -0.39 is 0 Å². The van der Waals surface area contributed by atoms with Gasteiger partial charge in [0, 0.05) is 17.6 Å². The van der Waals surface area contributed by atoms with Crippen molar-refractivity contribution in [2.24, 2.45) is 5.92 Å². The Morgan fingerprint density at radius 3 is 2.74 bits per heavy atom. The van der Waals surface area contributed by atoms with Crippen LogP contribution in [0.4, 0.5) is 4.39 Å². The lowest BCUT2D eigenvalue weighted by atomic mass is 9.96. The van der Waals surface area contributed by atoms with Crippen molar-refractivity contribution in [2.45, 2.75) is 12.8 Å². The quantitative estimate of drug-likeness (QED) is 0.925.